The lowest BCUT2D eigenvalue weighted by Gasteiger charge is -2.17. The molecule has 5 heteroatoms. The summed E-state index contributed by atoms with van der Waals surface area (Å²) in [5, 5.41) is 1.37. The van der Waals surface area contributed by atoms with Crippen LogP contribution in [0.3, 0.4) is 0 Å². The number of fused-ring (bicyclic) bond motifs is 3. The predicted octanol–water partition coefficient (Wildman–Crippen LogP) is 5.97. The number of benzene rings is 1. The number of rotatable bonds is 5. The standard InChI is InChI=1S/C17H23Br2NOSi/c1-22(2,3)10-9-21-11-20-15-6-4-5-12(15)16-13(18)7-8-14(19)17(16)20/h7-8H,4-6,9-11H2,1-3H3. The van der Waals surface area contributed by atoms with Crippen LogP contribution in [0.25, 0.3) is 10.9 Å². The number of ether oxygens (including phenoxy) is 1. The molecule has 0 aliphatic heterocycles. The van der Waals surface area contributed by atoms with Gasteiger partial charge in [0.15, 0.2) is 0 Å². The van der Waals surface area contributed by atoms with Crippen molar-refractivity contribution in [1.29, 1.82) is 0 Å². The molecule has 1 aromatic carbocycles. The van der Waals surface area contributed by atoms with Crippen molar-refractivity contribution >= 4 is 50.8 Å². The zero-order valence-corrected chi connectivity index (χ0v) is 17.7. The van der Waals surface area contributed by atoms with Crippen molar-refractivity contribution in [2.24, 2.45) is 0 Å². The van der Waals surface area contributed by atoms with Crippen LogP contribution in [0.2, 0.25) is 25.7 Å². The Morgan fingerprint density at radius 1 is 1.14 bits per heavy atom. The van der Waals surface area contributed by atoms with Crippen LogP contribution in [-0.2, 0) is 24.3 Å². The van der Waals surface area contributed by atoms with E-state index in [1.165, 1.54) is 51.9 Å². The first-order valence-corrected chi connectivity index (χ1v) is 13.2. The SMILES string of the molecule is C[Si](C)(C)CCOCn1c2c(c3c(Br)ccc(Br)c31)CCC2. The summed E-state index contributed by atoms with van der Waals surface area (Å²) < 4.78 is 10.8. The first-order chi connectivity index (χ1) is 10.4. The lowest BCUT2D eigenvalue weighted by Crippen LogP contribution is -2.22. The van der Waals surface area contributed by atoms with Crippen molar-refractivity contribution in [2.75, 3.05) is 6.61 Å². The molecule has 0 spiro atoms. The number of aromatic nitrogens is 1. The average molecular weight is 445 g/mol. The minimum absolute atomic E-state index is 0.672. The average Bonchev–Trinajstić information content (AvgIpc) is 2.99. The molecule has 1 aliphatic rings. The first-order valence-electron chi connectivity index (χ1n) is 7.94. The van der Waals surface area contributed by atoms with Crippen LogP contribution in [0, 0.1) is 0 Å². The van der Waals surface area contributed by atoms with Crippen LogP contribution in [0.5, 0.6) is 0 Å². The molecule has 1 aliphatic carbocycles. The van der Waals surface area contributed by atoms with Gasteiger partial charge in [-0.05, 0) is 58.9 Å². The minimum atomic E-state index is -1.02. The molecular formula is C17H23Br2NOSi. The third-order valence-electron chi connectivity index (χ3n) is 4.38. The molecule has 1 aromatic heterocycles. The van der Waals surface area contributed by atoms with E-state index in [4.69, 9.17) is 4.74 Å². The second kappa shape index (κ2) is 6.42. The molecular weight excluding hydrogens is 422 g/mol. The Labute approximate surface area is 150 Å². The molecule has 0 radical (unpaired) electrons. The number of halogens is 2. The van der Waals surface area contributed by atoms with Crippen LogP contribution in [-0.4, -0.2) is 19.2 Å². The normalized spacial score (nSPS) is 14.8. The summed E-state index contributed by atoms with van der Waals surface area (Å²) in [5.41, 5.74) is 4.26. The van der Waals surface area contributed by atoms with E-state index < -0.39 is 8.07 Å². The molecule has 0 saturated heterocycles. The van der Waals surface area contributed by atoms with Gasteiger partial charge >= 0.3 is 0 Å². The Morgan fingerprint density at radius 3 is 2.59 bits per heavy atom. The molecule has 0 saturated carbocycles. The third kappa shape index (κ3) is 3.23. The maximum Gasteiger partial charge on any atom is 0.123 e. The smallest absolute Gasteiger partial charge is 0.123 e. The van der Waals surface area contributed by atoms with Gasteiger partial charge in [0, 0.05) is 34.7 Å². The molecule has 120 valence electrons. The van der Waals surface area contributed by atoms with E-state index in [9.17, 15) is 0 Å². The summed E-state index contributed by atoms with van der Waals surface area (Å²) in [4.78, 5) is 0. The van der Waals surface area contributed by atoms with Gasteiger partial charge in [-0.1, -0.05) is 35.6 Å². The van der Waals surface area contributed by atoms with E-state index in [-0.39, 0.29) is 0 Å². The Balaban J connectivity index is 1.91. The van der Waals surface area contributed by atoms with Crippen LogP contribution >= 0.6 is 31.9 Å². The number of aryl methyl sites for hydroxylation is 1. The molecule has 0 N–H and O–H groups in total. The Morgan fingerprint density at radius 2 is 1.86 bits per heavy atom. The molecule has 0 atom stereocenters. The topological polar surface area (TPSA) is 14.2 Å². The Hall–Kier alpha value is -0.103. The summed E-state index contributed by atoms with van der Waals surface area (Å²) in [6, 6.07) is 5.49. The van der Waals surface area contributed by atoms with Gasteiger partial charge in [-0.15, -0.1) is 0 Å². The van der Waals surface area contributed by atoms with Gasteiger partial charge in [-0.3, -0.25) is 0 Å². The third-order valence-corrected chi connectivity index (χ3v) is 7.39. The lowest BCUT2D eigenvalue weighted by atomic mass is 10.1. The summed E-state index contributed by atoms with van der Waals surface area (Å²) >= 11 is 7.47. The van der Waals surface area contributed by atoms with Gasteiger partial charge in [0.1, 0.15) is 6.73 Å². The van der Waals surface area contributed by atoms with Gasteiger partial charge in [0.2, 0.25) is 0 Å². The second-order valence-electron chi connectivity index (χ2n) is 7.31. The monoisotopic (exact) mass is 443 g/mol. The molecule has 2 nitrogen and oxygen atoms in total. The van der Waals surface area contributed by atoms with Crippen LogP contribution < -0.4 is 0 Å². The van der Waals surface area contributed by atoms with E-state index in [1.54, 1.807) is 0 Å². The molecule has 22 heavy (non-hydrogen) atoms. The van der Waals surface area contributed by atoms with Crippen molar-refractivity contribution in [2.45, 2.75) is 51.7 Å². The van der Waals surface area contributed by atoms with E-state index in [0.29, 0.717) is 6.73 Å². The van der Waals surface area contributed by atoms with E-state index in [1.807, 2.05) is 0 Å². The van der Waals surface area contributed by atoms with Crippen LogP contribution in [0.4, 0.5) is 0 Å². The fourth-order valence-corrected chi connectivity index (χ4v) is 5.06. The van der Waals surface area contributed by atoms with Gasteiger partial charge in [-0.25, -0.2) is 0 Å². The molecule has 0 fully saturated rings. The van der Waals surface area contributed by atoms with Crippen molar-refractivity contribution in [3.63, 3.8) is 0 Å². The maximum absolute atomic E-state index is 6.04. The predicted molar refractivity (Wildman–Crippen MR) is 103 cm³/mol. The summed E-state index contributed by atoms with van der Waals surface area (Å²) in [6.07, 6.45) is 3.61. The van der Waals surface area contributed by atoms with Crippen molar-refractivity contribution in [3.05, 3.63) is 32.3 Å². The molecule has 0 bridgehead atoms. The summed E-state index contributed by atoms with van der Waals surface area (Å²) in [5.74, 6) is 0. The van der Waals surface area contributed by atoms with Crippen molar-refractivity contribution < 1.29 is 4.74 Å². The van der Waals surface area contributed by atoms with Crippen LogP contribution in [0.15, 0.2) is 21.1 Å². The molecule has 0 unspecified atom stereocenters. The lowest BCUT2D eigenvalue weighted by molar-refractivity contribution is 0.0885. The summed E-state index contributed by atoms with van der Waals surface area (Å²) in [6.45, 7) is 8.73. The van der Waals surface area contributed by atoms with Gasteiger partial charge in [0.25, 0.3) is 0 Å². The highest BCUT2D eigenvalue weighted by molar-refractivity contribution is 9.11. The van der Waals surface area contributed by atoms with E-state index >= 15 is 0 Å². The Kier molecular flexibility index (Phi) is 4.89. The number of hydrogen-bond acceptors (Lipinski definition) is 1. The van der Waals surface area contributed by atoms with E-state index in [0.717, 1.165) is 11.1 Å². The van der Waals surface area contributed by atoms with Gasteiger partial charge < -0.3 is 9.30 Å². The zero-order valence-electron chi connectivity index (χ0n) is 13.5. The van der Waals surface area contributed by atoms with Gasteiger partial charge in [0.05, 0.1) is 5.52 Å². The van der Waals surface area contributed by atoms with Crippen LogP contribution in [0.1, 0.15) is 17.7 Å². The largest absolute Gasteiger partial charge is 0.361 e. The molecule has 1 heterocycles. The van der Waals surface area contributed by atoms with Crippen molar-refractivity contribution in [1.82, 2.24) is 4.57 Å². The highest BCUT2D eigenvalue weighted by Gasteiger charge is 2.24. The maximum atomic E-state index is 6.04. The quantitative estimate of drug-likeness (QED) is 0.409. The second-order valence-corrected chi connectivity index (χ2v) is 14.6. The number of hydrogen-bond donors (Lipinski definition) is 0. The fraction of sp³-hybridized carbons (Fsp3) is 0.529. The van der Waals surface area contributed by atoms with Gasteiger partial charge in [-0.2, -0.15) is 0 Å². The highest BCUT2D eigenvalue weighted by atomic mass is 79.9. The molecule has 3 rings (SSSR count). The Bertz CT molecular complexity index is 703. The highest BCUT2D eigenvalue weighted by Crippen LogP contribution is 2.40. The number of nitrogens with zero attached hydrogens (tertiary/aromatic N) is 1. The fourth-order valence-electron chi connectivity index (χ4n) is 3.20. The van der Waals surface area contributed by atoms with Crippen molar-refractivity contribution in [3.8, 4) is 0 Å². The molecule has 2 aromatic rings. The minimum Gasteiger partial charge on any atom is -0.361 e. The summed E-state index contributed by atoms with van der Waals surface area (Å²) in [7, 11) is -1.02. The van der Waals surface area contributed by atoms with E-state index in [2.05, 4.69) is 68.2 Å². The first kappa shape index (κ1) is 16.7. The zero-order chi connectivity index (χ0) is 15.9. The molecule has 0 amide bonds.